The van der Waals surface area contributed by atoms with Crippen molar-refractivity contribution in [3.05, 3.63) is 77.9 Å². The molecule has 1 aliphatic heterocycles. The molecule has 0 spiro atoms. The zero-order valence-corrected chi connectivity index (χ0v) is 17.2. The fourth-order valence-electron chi connectivity index (χ4n) is 4.34. The van der Waals surface area contributed by atoms with Crippen LogP contribution in [0, 0.1) is 0 Å². The van der Waals surface area contributed by atoms with E-state index in [1.165, 1.54) is 18.4 Å². The van der Waals surface area contributed by atoms with E-state index in [1.54, 1.807) is 10.5 Å². The van der Waals surface area contributed by atoms with Crippen LogP contribution in [0.2, 0.25) is 0 Å². The summed E-state index contributed by atoms with van der Waals surface area (Å²) in [7, 11) is 1.86. The van der Waals surface area contributed by atoms with Crippen molar-refractivity contribution in [2.45, 2.75) is 44.2 Å². The predicted octanol–water partition coefficient (Wildman–Crippen LogP) is 4.91. The molecule has 2 aliphatic rings. The molecule has 2 aromatic rings. The van der Waals surface area contributed by atoms with Crippen LogP contribution in [0.1, 0.15) is 31.2 Å². The molecule has 0 N–H and O–H groups in total. The van der Waals surface area contributed by atoms with E-state index in [0.717, 1.165) is 32.4 Å². The second-order valence-electron chi connectivity index (χ2n) is 8.08. The zero-order chi connectivity index (χ0) is 20.1. The lowest BCUT2D eigenvalue weighted by atomic mass is 9.86. The largest absolute Gasteiger partial charge is 0.415 e. The molecule has 152 valence electrons. The number of benzene rings is 2. The SMILES string of the molecule is CN(C(=O)Oc1ccccc1)C1CCN(C(Cc2ccccc2)C2=CCC2)CC1. The van der Waals surface area contributed by atoms with Gasteiger partial charge in [-0.3, -0.25) is 4.90 Å². The van der Waals surface area contributed by atoms with Gasteiger partial charge in [-0.2, -0.15) is 0 Å². The number of amides is 1. The Morgan fingerprint density at radius 2 is 1.69 bits per heavy atom. The number of para-hydroxylation sites is 1. The monoisotopic (exact) mass is 390 g/mol. The van der Waals surface area contributed by atoms with Crippen LogP contribution in [-0.4, -0.2) is 48.1 Å². The Balaban J connectivity index is 1.34. The minimum atomic E-state index is -0.266. The first-order valence-corrected chi connectivity index (χ1v) is 10.7. The van der Waals surface area contributed by atoms with E-state index in [9.17, 15) is 4.79 Å². The van der Waals surface area contributed by atoms with Crippen LogP contribution in [0.5, 0.6) is 5.75 Å². The smallest absolute Gasteiger partial charge is 0.410 e. The van der Waals surface area contributed by atoms with Crippen molar-refractivity contribution < 1.29 is 9.53 Å². The Labute approximate surface area is 173 Å². The van der Waals surface area contributed by atoms with Gasteiger partial charge < -0.3 is 9.64 Å². The maximum absolute atomic E-state index is 12.5. The molecular formula is C25H30N2O2. The first-order valence-electron chi connectivity index (χ1n) is 10.7. The number of hydrogen-bond acceptors (Lipinski definition) is 3. The van der Waals surface area contributed by atoms with E-state index in [2.05, 4.69) is 41.3 Å². The first-order chi connectivity index (χ1) is 14.2. The van der Waals surface area contributed by atoms with Gasteiger partial charge in [-0.15, -0.1) is 0 Å². The fourth-order valence-corrected chi connectivity index (χ4v) is 4.34. The maximum Gasteiger partial charge on any atom is 0.415 e. The van der Waals surface area contributed by atoms with E-state index in [4.69, 9.17) is 4.74 Å². The van der Waals surface area contributed by atoms with Crippen molar-refractivity contribution in [3.8, 4) is 5.75 Å². The van der Waals surface area contributed by atoms with Gasteiger partial charge in [0.1, 0.15) is 5.75 Å². The fraction of sp³-hybridized carbons (Fsp3) is 0.400. The molecule has 1 amide bonds. The molecule has 0 saturated carbocycles. The van der Waals surface area contributed by atoms with Gasteiger partial charge in [0.05, 0.1) is 0 Å². The molecule has 4 heteroatoms. The molecule has 4 nitrogen and oxygen atoms in total. The van der Waals surface area contributed by atoms with Crippen LogP contribution in [0.15, 0.2) is 72.3 Å². The number of piperidine rings is 1. The molecule has 1 saturated heterocycles. The summed E-state index contributed by atoms with van der Waals surface area (Å²) in [5, 5.41) is 0. The van der Waals surface area contributed by atoms with E-state index >= 15 is 0 Å². The quantitative estimate of drug-likeness (QED) is 0.657. The summed E-state index contributed by atoms with van der Waals surface area (Å²) in [5.41, 5.74) is 2.99. The molecule has 1 aliphatic carbocycles. The van der Waals surface area contributed by atoms with Gasteiger partial charge in [-0.25, -0.2) is 4.79 Å². The molecule has 0 radical (unpaired) electrons. The number of allylic oxidation sites excluding steroid dienone is 1. The summed E-state index contributed by atoms with van der Waals surface area (Å²) in [6, 6.07) is 20.8. The third-order valence-corrected chi connectivity index (χ3v) is 6.26. The lowest BCUT2D eigenvalue weighted by molar-refractivity contribution is 0.0964. The number of rotatable bonds is 6. The average molecular weight is 391 g/mol. The third-order valence-electron chi connectivity index (χ3n) is 6.26. The highest BCUT2D eigenvalue weighted by molar-refractivity contribution is 5.70. The van der Waals surface area contributed by atoms with Crippen LogP contribution in [-0.2, 0) is 6.42 Å². The summed E-state index contributed by atoms with van der Waals surface area (Å²) in [6.07, 6.45) is 7.62. The molecule has 2 aromatic carbocycles. The van der Waals surface area contributed by atoms with Crippen LogP contribution < -0.4 is 4.74 Å². The van der Waals surface area contributed by atoms with Crippen molar-refractivity contribution in [3.63, 3.8) is 0 Å². The predicted molar refractivity (Wildman–Crippen MR) is 116 cm³/mol. The van der Waals surface area contributed by atoms with Crippen molar-refractivity contribution in [1.29, 1.82) is 0 Å². The van der Waals surface area contributed by atoms with Crippen LogP contribution >= 0.6 is 0 Å². The average Bonchev–Trinajstić information content (AvgIpc) is 2.73. The highest BCUT2D eigenvalue weighted by Gasteiger charge is 2.32. The Hall–Kier alpha value is -2.59. The highest BCUT2D eigenvalue weighted by atomic mass is 16.6. The first kappa shape index (κ1) is 19.7. The van der Waals surface area contributed by atoms with Gasteiger partial charge in [0.15, 0.2) is 0 Å². The van der Waals surface area contributed by atoms with Crippen molar-refractivity contribution >= 4 is 6.09 Å². The van der Waals surface area contributed by atoms with Crippen LogP contribution in [0.4, 0.5) is 4.79 Å². The van der Waals surface area contributed by atoms with Crippen LogP contribution in [0.25, 0.3) is 0 Å². The van der Waals surface area contributed by atoms with Gasteiger partial charge in [-0.1, -0.05) is 60.2 Å². The Bertz CT molecular complexity index is 826. The van der Waals surface area contributed by atoms with Crippen LogP contribution in [0.3, 0.4) is 0 Å². The second kappa shape index (κ2) is 9.27. The lowest BCUT2D eigenvalue weighted by Gasteiger charge is -2.42. The molecule has 0 aromatic heterocycles. The van der Waals surface area contributed by atoms with E-state index in [1.807, 2.05) is 37.4 Å². The zero-order valence-electron chi connectivity index (χ0n) is 17.2. The standard InChI is InChI=1S/C25H30N2O2/c1-26(25(28)29-23-13-6-3-7-14-23)22-15-17-27(18-16-22)24(21-11-8-12-21)19-20-9-4-2-5-10-20/h2-7,9-11,13-14,22,24H,8,12,15-19H2,1H3. The van der Waals surface area contributed by atoms with Gasteiger partial charge in [0, 0.05) is 32.2 Å². The van der Waals surface area contributed by atoms with Crippen molar-refractivity contribution in [2.24, 2.45) is 0 Å². The Morgan fingerprint density at radius 3 is 2.28 bits per heavy atom. The molecule has 0 bridgehead atoms. The summed E-state index contributed by atoms with van der Waals surface area (Å²) < 4.78 is 5.51. The molecule has 1 fully saturated rings. The molecular weight excluding hydrogens is 360 g/mol. The van der Waals surface area contributed by atoms with Gasteiger partial charge in [0.25, 0.3) is 0 Å². The highest BCUT2D eigenvalue weighted by Crippen LogP contribution is 2.30. The minimum Gasteiger partial charge on any atom is -0.410 e. The molecule has 4 rings (SSSR count). The molecule has 29 heavy (non-hydrogen) atoms. The second-order valence-corrected chi connectivity index (χ2v) is 8.08. The lowest BCUT2D eigenvalue weighted by Crippen LogP contribution is -2.50. The number of carbonyl (C=O) groups is 1. The third kappa shape index (κ3) is 4.88. The number of likely N-dealkylation sites (tertiary alicyclic amines) is 1. The van der Waals surface area contributed by atoms with E-state index < -0.39 is 0 Å². The molecule has 1 atom stereocenters. The number of nitrogens with zero attached hydrogens (tertiary/aromatic N) is 2. The van der Waals surface area contributed by atoms with E-state index in [-0.39, 0.29) is 12.1 Å². The Morgan fingerprint density at radius 1 is 1.07 bits per heavy atom. The number of hydrogen-bond donors (Lipinski definition) is 0. The maximum atomic E-state index is 12.5. The number of carbonyl (C=O) groups excluding carboxylic acids is 1. The van der Waals surface area contributed by atoms with Crippen molar-refractivity contribution in [2.75, 3.05) is 20.1 Å². The minimum absolute atomic E-state index is 0.232. The molecule has 1 heterocycles. The molecule has 1 unspecified atom stereocenters. The normalized spacial score (nSPS) is 18.4. The summed E-state index contributed by atoms with van der Waals surface area (Å²) >= 11 is 0. The topological polar surface area (TPSA) is 32.8 Å². The Kier molecular flexibility index (Phi) is 6.30. The van der Waals surface area contributed by atoms with Gasteiger partial charge in [-0.05, 0) is 49.8 Å². The summed E-state index contributed by atoms with van der Waals surface area (Å²) in [5.74, 6) is 0.599. The van der Waals surface area contributed by atoms with Gasteiger partial charge >= 0.3 is 6.09 Å². The number of ether oxygens (including phenoxy) is 1. The van der Waals surface area contributed by atoms with Gasteiger partial charge in [0.2, 0.25) is 0 Å². The summed E-state index contributed by atoms with van der Waals surface area (Å²) in [6.45, 7) is 2.03. The van der Waals surface area contributed by atoms with Crippen molar-refractivity contribution in [1.82, 2.24) is 9.80 Å². The summed E-state index contributed by atoms with van der Waals surface area (Å²) in [4.78, 5) is 16.9. The van der Waals surface area contributed by atoms with E-state index in [0.29, 0.717) is 11.8 Å².